The first-order valence-corrected chi connectivity index (χ1v) is 7.50. The van der Waals surface area contributed by atoms with Crippen LogP contribution in [-0.2, 0) is 0 Å². The zero-order chi connectivity index (χ0) is 16.4. The number of pyridine rings is 1. The summed E-state index contributed by atoms with van der Waals surface area (Å²) in [5.41, 5.74) is 0.182. The van der Waals surface area contributed by atoms with E-state index in [1.54, 1.807) is 6.07 Å². The first-order valence-electron chi connectivity index (χ1n) is 7.50. The average Bonchev–Trinajstić information content (AvgIpc) is 3.17. The minimum atomic E-state index is -2.91. The van der Waals surface area contributed by atoms with E-state index in [9.17, 15) is 13.6 Å². The van der Waals surface area contributed by atoms with E-state index in [-0.39, 0.29) is 11.3 Å². The highest BCUT2D eigenvalue weighted by molar-refractivity contribution is 5.65. The number of hydrogen-bond acceptors (Lipinski definition) is 4. The van der Waals surface area contributed by atoms with Gasteiger partial charge in [0, 0.05) is 25.4 Å². The minimum Gasteiger partial charge on any atom is -0.493 e. The molecule has 1 spiro atoms. The average molecular weight is 328 g/mol. The summed E-state index contributed by atoms with van der Waals surface area (Å²) >= 11 is 0. The lowest BCUT2D eigenvalue weighted by atomic mass is 9.91. The Labute approximate surface area is 132 Å². The van der Waals surface area contributed by atoms with E-state index in [2.05, 4.69) is 9.72 Å². The molecule has 2 aliphatic rings. The fraction of sp³-hybridized carbons (Fsp3) is 0.600. The second-order valence-electron chi connectivity index (χ2n) is 6.05. The van der Waals surface area contributed by atoms with Crippen molar-refractivity contribution in [2.45, 2.75) is 25.9 Å². The second kappa shape index (κ2) is 6.17. The lowest BCUT2D eigenvalue weighted by Gasteiger charge is -2.31. The largest absolute Gasteiger partial charge is 0.493 e. The van der Waals surface area contributed by atoms with E-state index in [0.29, 0.717) is 31.4 Å². The van der Waals surface area contributed by atoms with Crippen LogP contribution in [0.1, 0.15) is 19.3 Å². The molecular weight excluding hydrogens is 310 g/mol. The summed E-state index contributed by atoms with van der Waals surface area (Å²) in [4.78, 5) is 16.0. The van der Waals surface area contributed by atoms with Crippen molar-refractivity contribution < 1.29 is 28.2 Å². The number of ether oxygens (including phenoxy) is 2. The number of likely N-dealkylation sites (tertiary alicyclic amines) is 1. The Balaban J connectivity index is 1.48. The highest BCUT2D eigenvalue weighted by Gasteiger charge is 2.55. The standard InChI is InChI=1S/C15H18F2N2O4/c16-13(17)23-12-7-11(1-4-18-12)22-9-10-8-15(10)2-5-19(6-3-15)14(20)21/h1,4,7,10,13H,2-3,5-6,8-9H2,(H,20,21). The van der Waals surface area contributed by atoms with Gasteiger partial charge < -0.3 is 19.5 Å². The molecule has 0 aromatic carbocycles. The molecule has 1 saturated carbocycles. The molecule has 23 heavy (non-hydrogen) atoms. The second-order valence-corrected chi connectivity index (χ2v) is 6.05. The molecule has 2 heterocycles. The molecule has 1 N–H and O–H groups in total. The van der Waals surface area contributed by atoms with Gasteiger partial charge >= 0.3 is 12.7 Å². The number of amides is 1. The number of carbonyl (C=O) groups is 1. The fourth-order valence-corrected chi connectivity index (χ4v) is 3.26. The van der Waals surface area contributed by atoms with Crippen molar-refractivity contribution in [3.8, 4) is 11.6 Å². The van der Waals surface area contributed by atoms with Gasteiger partial charge in [0.15, 0.2) is 0 Å². The van der Waals surface area contributed by atoms with Crippen LogP contribution in [0.15, 0.2) is 18.3 Å². The lowest BCUT2D eigenvalue weighted by Crippen LogP contribution is -2.38. The summed E-state index contributed by atoms with van der Waals surface area (Å²) in [6.45, 7) is -1.30. The normalized spacial score (nSPS) is 22.2. The Morgan fingerprint density at radius 1 is 1.48 bits per heavy atom. The maximum Gasteiger partial charge on any atom is 0.407 e. The van der Waals surface area contributed by atoms with Crippen molar-refractivity contribution in [2.75, 3.05) is 19.7 Å². The number of carboxylic acid groups (broad SMARTS) is 1. The third-order valence-corrected chi connectivity index (χ3v) is 4.76. The Kier molecular flexibility index (Phi) is 4.23. The molecule has 0 bridgehead atoms. The molecular formula is C15H18F2N2O4. The molecule has 1 aliphatic heterocycles. The molecule has 1 atom stereocenters. The SMILES string of the molecule is O=C(O)N1CCC2(CC1)CC2COc1ccnc(OC(F)F)c1. The Morgan fingerprint density at radius 2 is 2.22 bits per heavy atom. The van der Waals surface area contributed by atoms with Crippen molar-refractivity contribution in [1.29, 1.82) is 0 Å². The minimum absolute atomic E-state index is 0.169. The van der Waals surface area contributed by atoms with Gasteiger partial charge in [0.05, 0.1) is 6.61 Å². The number of aromatic nitrogens is 1. The van der Waals surface area contributed by atoms with Crippen molar-refractivity contribution in [3.05, 3.63) is 18.3 Å². The quantitative estimate of drug-likeness (QED) is 0.900. The molecule has 1 aromatic heterocycles. The van der Waals surface area contributed by atoms with E-state index < -0.39 is 12.7 Å². The Bertz CT molecular complexity index is 576. The maximum atomic E-state index is 12.2. The van der Waals surface area contributed by atoms with Crippen molar-refractivity contribution in [1.82, 2.24) is 9.88 Å². The molecule has 1 unspecified atom stereocenters. The van der Waals surface area contributed by atoms with Crippen molar-refractivity contribution in [3.63, 3.8) is 0 Å². The molecule has 2 fully saturated rings. The van der Waals surface area contributed by atoms with Gasteiger partial charge in [-0.2, -0.15) is 8.78 Å². The van der Waals surface area contributed by atoms with E-state index >= 15 is 0 Å². The topological polar surface area (TPSA) is 71.9 Å². The summed E-state index contributed by atoms with van der Waals surface area (Å²) in [5.74, 6) is 0.657. The van der Waals surface area contributed by atoms with Gasteiger partial charge in [-0.05, 0) is 36.7 Å². The van der Waals surface area contributed by atoms with Crippen LogP contribution in [0.2, 0.25) is 0 Å². The maximum absolute atomic E-state index is 12.2. The number of nitrogens with zero attached hydrogens (tertiary/aromatic N) is 2. The number of hydrogen-bond donors (Lipinski definition) is 1. The lowest BCUT2D eigenvalue weighted by molar-refractivity contribution is -0.0529. The molecule has 3 rings (SSSR count). The highest BCUT2D eigenvalue weighted by Crippen LogP contribution is 2.59. The van der Waals surface area contributed by atoms with Crippen molar-refractivity contribution >= 4 is 6.09 Å². The zero-order valence-electron chi connectivity index (χ0n) is 12.5. The van der Waals surface area contributed by atoms with Crippen molar-refractivity contribution in [2.24, 2.45) is 11.3 Å². The first-order chi connectivity index (χ1) is 11.0. The van der Waals surface area contributed by atoms with E-state index in [4.69, 9.17) is 9.84 Å². The van der Waals surface area contributed by atoms with E-state index in [1.165, 1.54) is 17.2 Å². The van der Waals surface area contributed by atoms with Gasteiger partial charge in [-0.3, -0.25) is 0 Å². The Morgan fingerprint density at radius 3 is 2.87 bits per heavy atom. The summed E-state index contributed by atoms with van der Waals surface area (Å²) < 4.78 is 34.2. The van der Waals surface area contributed by atoms with E-state index in [0.717, 1.165) is 19.3 Å². The van der Waals surface area contributed by atoms with Gasteiger partial charge in [-0.15, -0.1) is 0 Å². The van der Waals surface area contributed by atoms with E-state index in [1.807, 2.05) is 0 Å². The number of rotatable bonds is 5. The molecule has 8 heteroatoms. The molecule has 1 amide bonds. The third kappa shape index (κ3) is 3.62. The van der Waals surface area contributed by atoms with Crippen LogP contribution >= 0.6 is 0 Å². The third-order valence-electron chi connectivity index (χ3n) is 4.76. The predicted molar refractivity (Wildman–Crippen MR) is 75.7 cm³/mol. The summed E-state index contributed by atoms with van der Waals surface area (Å²) in [6.07, 6.45) is 3.22. The smallest absolute Gasteiger partial charge is 0.407 e. The first kappa shape index (κ1) is 15.8. The summed E-state index contributed by atoms with van der Waals surface area (Å²) in [5, 5.41) is 8.97. The summed E-state index contributed by atoms with van der Waals surface area (Å²) in [7, 11) is 0. The van der Waals surface area contributed by atoms with Gasteiger partial charge in [0.1, 0.15) is 5.75 Å². The van der Waals surface area contributed by atoms with Crippen LogP contribution in [0.25, 0.3) is 0 Å². The predicted octanol–water partition coefficient (Wildman–Crippen LogP) is 2.84. The van der Waals surface area contributed by atoms with Gasteiger partial charge in [0.2, 0.25) is 5.88 Å². The molecule has 6 nitrogen and oxygen atoms in total. The van der Waals surface area contributed by atoms with Crippen LogP contribution in [0.5, 0.6) is 11.6 Å². The molecule has 1 saturated heterocycles. The Hall–Kier alpha value is -2.12. The molecule has 1 aromatic rings. The zero-order valence-corrected chi connectivity index (χ0v) is 12.5. The van der Waals surface area contributed by atoms with Gasteiger partial charge in [-0.1, -0.05) is 0 Å². The van der Waals surface area contributed by atoms with Crippen LogP contribution in [0, 0.1) is 11.3 Å². The van der Waals surface area contributed by atoms with Crippen LogP contribution in [0.4, 0.5) is 13.6 Å². The van der Waals surface area contributed by atoms with Gasteiger partial charge in [0.25, 0.3) is 0 Å². The van der Waals surface area contributed by atoms with Gasteiger partial charge in [-0.25, -0.2) is 9.78 Å². The highest BCUT2D eigenvalue weighted by atomic mass is 19.3. The van der Waals surface area contributed by atoms with Crippen LogP contribution < -0.4 is 9.47 Å². The number of piperidine rings is 1. The molecule has 0 radical (unpaired) electrons. The number of alkyl halides is 2. The summed E-state index contributed by atoms with van der Waals surface area (Å²) in [6, 6.07) is 2.94. The monoisotopic (exact) mass is 328 g/mol. The molecule has 126 valence electrons. The number of halogens is 2. The molecule has 1 aliphatic carbocycles. The van der Waals surface area contributed by atoms with Crippen LogP contribution in [0.3, 0.4) is 0 Å². The fourth-order valence-electron chi connectivity index (χ4n) is 3.26. The van der Waals surface area contributed by atoms with Crippen LogP contribution in [-0.4, -0.2) is 47.4 Å².